The molecular weight excluding hydrogens is 838 g/mol. The molecule has 354 valence electrons. The van der Waals surface area contributed by atoms with Crippen LogP contribution in [0.3, 0.4) is 0 Å². The summed E-state index contributed by atoms with van der Waals surface area (Å²) >= 11 is 0. The lowest BCUT2D eigenvalue weighted by Gasteiger charge is -2.20. The van der Waals surface area contributed by atoms with E-state index in [9.17, 15) is 28.7 Å². The van der Waals surface area contributed by atoms with Crippen LogP contribution in [-0.2, 0) is 46.5 Å². The van der Waals surface area contributed by atoms with Gasteiger partial charge in [0.1, 0.15) is 12.7 Å². The number of phosphoric ester groups is 2. The maximum absolute atomic E-state index is 12.7. The summed E-state index contributed by atoms with van der Waals surface area (Å²) in [7, 11) is -9.71. The van der Waals surface area contributed by atoms with Crippen LogP contribution >= 0.6 is 15.6 Å². The smallest absolute Gasteiger partial charge is 0.462 e. The summed E-state index contributed by atoms with van der Waals surface area (Å²) in [6.07, 6.45) is 44.7. The van der Waals surface area contributed by atoms with Crippen molar-refractivity contribution in [2.45, 2.75) is 167 Å². The molecule has 0 aromatic heterocycles. The zero-order chi connectivity index (χ0) is 45.6. The highest BCUT2D eigenvalue weighted by atomic mass is 31.2. The summed E-state index contributed by atoms with van der Waals surface area (Å²) in [5.74, 6) is -1.14. The van der Waals surface area contributed by atoms with Gasteiger partial charge in [-0.05, 0) is 83.5 Å². The number of aliphatic hydroxyl groups excluding tert-OH is 1. The molecule has 0 spiro atoms. The summed E-state index contributed by atoms with van der Waals surface area (Å²) in [5.41, 5.74) is 0. The van der Waals surface area contributed by atoms with Gasteiger partial charge < -0.3 is 34.0 Å². The minimum Gasteiger partial charge on any atom is -0.462 e. The number of hydrogen-bond donors (Lipinski definition) is 4. The molecule has 0 saturated carbocycles. The Hall–Kier alpha value is -2.74. The van der Waals surface area contributed by atoms with Crippen LogP contribution in [0.1, 0.15) is 142 Å². The number of ether oxygens (including phenoxy) is 3. The largest absolute Gasteiger partial charge is 0.472 e. The summed E-state index contributed by atoms with van der Waals surface area (Å²) in [6.45, 7) is 1.51. The number of hydrogen-bond acceptors (Lipinski definition) is 11. The standard InChI is InChI=1S/C46H76O14P2/c1-3-5-7-8-9-10-11-12-13-14-15-16-17-21-24-27-31-35-45(48)55-39-42(40-58-62(53,54)57-38-41(47)37-56-61(50,51)52)59-46(49)36-32-28-25-22-19-18-20-23-26-30-34-44-43(60-44)33-29-6-4-2/h5,7,9-10,12-13,15-16,18,20,22,25-26,30,41-44,47H,3-4,6,8,11,14,17,19,21,23-24,27-29,31-40H2,1-2H3,(H,53,54)(H2,50,51,52)/b7-5-,10-9-,13-12-,16-15-,20-18-,25-22-,30-26-/t41-,42+,43?,44?/m0/s1. The lowest BCUT2D eigenvalue weighted by Crippen LogP contribution is -2.29. The maximum Gasteiger partial charge on any atom is 0.472 e. The summed E-state index contributed by atoms with van der Waals surface area (Å²) < 4.78 is 53.5. The van der Waals surface area contributed by atoms with E-state index in [1.165, 1.54) is 19.3 Å². The molecule has 0 amide bonds. The second-order valence-electron chi connectivity index (χ2n) is 15.0. The van der Waals surface area contributed by atoms with Gasteiger partial charge >= 0.3 is 27.6 Å². The monoisotopic (exact) mass is 914 g/mol. The van der Waals surface area contributed by atoms with Gasteiger partial charge in [0.05, 0.1) is 32.0 Å². The molecule has 62 heavy (non-hydrogen) atoms. The molecular formula is C46H76O14P2. The predicted molar refractivity (Wildman–Crippen MR) is 243 cm³/mol. The van der Waals surface area contributed by atoms with E-state index in [2.05, 4.69) is 95.8 Å². The first-order valence-corrected chi connectivity index (χ1v) is 25.4. The Bertz CT molecular complexity index is 1480. The molecule has 16 heteroatoms. The Morgan fingerprint density at radius 3 is 1.73 bits per heavy atom. The van der Waals surface area contributed by atoms with Crippen molar-refractivity contribution < 1.29 is 66.3 Å². The van der Waals surface area contributed by atoms with Crippen LogP contribution in [0.15, 0.2) is 85.1 Å². The lowest BCUT2D eigenvalue weighted by molar-refractivity contribution is -0.161. The number of phosphoric acid groups is 2. The number of carbonyl (C=O) groups excluding carboxylic acids is 2. The van der Waals surface area contributed by atoms with Crippen LogP contribution in [0, 0.1) is 0 Å². The van der Waals surface area contributed by atoms with E-state index in [1.54, 1.807) is 0 Å². The van der Waals surface area contributed by atoms with Crippen molar-refractivity contribution >= 4 is 27.6 Å². The van der Waals surface area contributed by atoms with E-state index >= 15 is 0 Å². The van der Waals surface area contributed by atoms with Gasteiger partial charge in [-0.25, -0.2) is 9.13 Å². The topological polar surface area (TPSA) is 208 Å². The fourth-order valence-electron chi connectivity index (χ4n) is 5.72. The van der Waals surface area contributed by atoms with Gasteiger partial charge in [-0.1, -0.05) is 131 Å². The van der Waals surface area contributed by atoms with Crippen molar-refractivity contribution in [2.75, 3.05) is 26.4 Å². The third kappa shape index (κ3) is 37.8. The van der Waals surface area contributed by atoms with Gasteiger partial charge in [0.2, 0.25) is 0 Å². The molecule has 0 aliphatic carbocycles. The molecule has 4 N–H and O–H groups in total. The Kier molecular flexibility index (Phi) is 34.8. The minimum absolute atomic E-state index is 0.0412. The number of esters is 2. The Morgan fingerprint density at radius 1 is 0.581 bits per heavy atom. The van der Waals surface area contributed by atoms with Crippen LogP contribution < -0.4 is 0 Å². The van der Waals surface area contributed by atoms with Gasteiger partial charge in [-0.15, -0.1) is 0 Å². The summed E-state index contributed by atoms with van der Waals surface area (Å²) in [4.78, 5) is 52.7. The zero-order valence-electron chi connectivity index (χ0n) is 37.1. The quantitative estimate of drug-likeness (QED) is 0.0148. The molecule has 0 radical (unpaired) electrons. The van der Waals surface area contributed by atoms with Crippen LogP contribution in [-0.4, -0.2) is 82.6 Å². The number of epoxide rings is 1. The minimum atomic E-state index is -4.88. The molecule has 1 aliphatic rings. The second-order valence-corrected chi connectivity index (χ2v) is 17.7. The SMILES string of the molecule is CC/C=C\C/C=C\C/C=C\C/C=C\CCCCCCC(=O)OC[C@H](COP(=O)(O)OC[C@@H](O)COP(=O)(O)O)OC(=O)CCC/C=C\C/C=C\C/C=C\CC1OC1CCCCC. The van der Waals surface area contributed by atoms with Gasteiger partial charge in [-0.3, -0.25) is 23.2 Å². The van der Waals surface area contributed by atoms with Crippen LogP contribution in [0.5, 0.6) is 0 Å². The lowest BCUT2D eigenvalue weighted by atomic mass is 10.1. The molecule has 0 bridgehead atoms. The van der Waals surface area contributed by atoms with Gasteiger partial charge in [0.25, 0.3) is 0 Å². The van der Waals surface area contributed by atoms with E-state index in [0.29, 0.717) is 31.5 Å². The van der Waals surface area contributed by atoms with Gasteiger partial charge in [0, 0.05) is 12.8 Å². The van der Waals surface area contributed by atoms with Crippen molar-refractivity contribution in [1.29, 1.82) is 0 Å². The third-order valence-electron chi connectivity index (χ3n) is 9.18. The van der Waals surface area contributed by atoms with E-state index in [-0.39, 0.29) is 12.8 Å². The van der Waals surface area contributed by atoms with Crippen LogP contribution in [0.25, 0.3) is 0 Å². The molecule has 1 heterocycles. The summed E-state index contributed by atoms with van der Waals surface area (Å²) in [6, 6.07) is 0. The maximum atomic E-state index is 12.7. The molecule has 5 atom stereocenters. The number of aliphatic hydroxyl groups is 1. The third-order valence-corrected chi connectivity index (χ3v) is 10.6. The average molecular weight is 915 g/mol. The normalized spacial score (nSPS) is 18.0. The number of allylic oxidation sites excluding steroid dienone is 13. The van der Waals surface area contributed by atoms with Crippen molar-refractivity contribution in [3.05, 3.63) is 85.1 Å². The molecule has 1 aliphatic heterocycles. The first-order valence-electron chi connectivity index (χ1n) is 22.4. The highest BCUT2D eigenvalue weighted by Gasteiger charge is 2.36. The first kappa shape index (κ1) is 57.3. The molecule has 3 unspecified atom stereocenters. The van der Waals surface area contributed by atoms with Crippen LogP contribution in [0.4, 0.5) is 0 Å². The van der Waals surface area contributed by atoms with Crippen molar-refractivity contribution in [3.63, 3.8) is 0 Å². The van der Waals surface area contributed by atoms with Gasteiger partial charge in [-0.2, -0.15) is 0 Å². The van der Waals surface area contributed by atoms with E-state index < -0.39 is 66.2 Å². The zero-order valence-corrected chi connectivity index (χ0v) is 38.9. The van der Waals surface area contributed by atoms with E-state index in [1.807, 2.05) is 12.2 Å². The highest BCUT2D eigenvalue weighted by molar-refractivity contribution is 7.47. The van der Waals surface area contributed by atoms with Gasteiger partial charge in [0.15, 0.2) is 6.10 Å². The number of carbonyl (C=O) groups is 2. The second kappa shape index (κ2) is 37.6. The average Bonchev–Trinajstić information content (AvgIpc) is 3.99. The molecule has 14 nitrogen and oxygen atoms in total. The molecule has 1 saturated heterocycles. The summed E-state index contributed by atoms with van der Waals surface area (Å²) in [5, 5.41) is 9.75. The number of unbranched alkanes of at least 4 members (excludes halogenated alkanes) is 7. The molecule has 0 aromatic rings. The van der Waals surface area contributed by atoms with E-state index in [4.69, 9.17) is 28.5 Å². The van der Waals surface area contributed by atoms with Crippen molar-refractivity contribution in [2.24, 2.45) is 0 Å². The fourth-order valence-corrected chi connectivity index (χ4v) is 6.87. The van der Waals surface area contributed by atoms with Crippen molar-refractivity contribution in [3.8, 4) is 0 Å². The molecule has 1 rings (SSSR count). The molecule has 1 fully saturated rings. The fraction of sp³-hybridized carbons (Fsp3) is 0.652. The molecule has 0 aromatic carbocycles. The Balaban J connectivity index is 2.41. The Morgan fingerprint density at radius 2 is 1.11 bits per heavy atom. The first-order chi connectivity index (χ1) is 29.8. The Labute approximate surface area is 371 Å². The van der Waals surface area contributed by atoms with Crippen molar-refractivity contribution in [1.82, 2.24) is 0 Å². The van der Waals surface area contributed by atoms with Crippen LogP contribution in [0.2, 0.25) is 0 Å². The van der Waals surface area contributed by atoms with E-state index in [0.717, 1.165) is 77.0 Å². The highest BCUT2D eigenvalue weighted by Crippen LogP contribution is 2.44. The number of rotatable bonds is 40. The predicted octanol–water partition coefficient (Wildman–Crippen LogP) is 10.5.